The van der Waals surface area contributed by atoms with Gasteiger partial charge in [-0.3, -0.25) is 14.4 Å². The molecule has 0 saturated carbocycles. The van der Waals surface area contributed by atoms with E-state index in [1.807, 2.05) is 0 Å². The summed E-state index contributed by atoms with van der Waals surface area (Å²) < 4.78 is 0. The molecule has 1 heterocycles. The van der Waals surface area contributed by atoms with E-state index in [1.165, 1.54) is 4.90 Å². The van der Waals surface area contributed by atoms with Crippen molar-refractivity contribution < 1.29 is 29.7 Å². The molecule has 1 fully saturated rings. The quantitative estimate of drug-likeness (QED) is 0.723. The SMILES string of the molecule is O=Cc1c(O)c(C=O)c(O)c(CN2CCCCCC2=O)c1O. The summed E-state index contributed by atoms with van der Waals surface area (Å²) in [5.41, 5.74) is -1.06. The molecule has 0 radical (unpaired) electrons. The molecule has 1 aromatic rings. The van der Waals surface area contributed by atoms with Gasteiger partial charge in [0.1, 0.15) is 17.2 Å². The van der Waals surface area contributed by atoms with Crippen LogP contribution in [0, 0.1) is 0 Å². The Morgan fingerprint density at radius 1 is 0.909 bits per heavy atom. The van der Waals surface area contributed by atoms with Gasteiger partial charge in [-0.15, -0.1) is 0 Å². The monoisotopic (exact) mass is 307 g/mol. The number of nitrogens with zero attached hydrogens (tertiary/aromatic N) is 1. The number of benzene rings is 1. The summed E-state index contributed by atoms with van der Waals surface area (Å²) in [6.07, 6.45) is 3.26. The predicted molar refractivity (Wildman–Crippen MR) is 76.1 cm³/mol. The molecular weight excluding hydrogens is 290 g/mol. The average Bonchev–Trinajstić information content (AvgIpc) is 2.69. The van der Waals surface area contributed by atoms with Gasteiger partial charge in [0.15, 0.2) is 12.6 Å². The third-order valence-electron chi connectivity index (χ3n) is 3.85. The molecule has 1 aliphatic rings. The molecule has 0 aromatic heterocycles. The maximum absolute atomic E-state index is 12.0. The van der Waals surface area contributed by atoms with Gasteiger partial charge in [0.2, 0.25) is 5.91 Å². The van der Waals surface area contributed by atoms with Crippen LogP contribution in [0.4, 0.5) is 0 Å². The lowest BCUT2D eigenvalue weighted by molar-refractivity contribution is -0.131. The van der Waals surface area contributed by atoms with Crippen LogP contribution in [0.3, 0.4) is 0 Å². The Kier molecular flexibility index (Phi) is 4.65. The van der Waals surface area contributed by atoms with Gasteiger partial charge >= 0.3 is 0 Å². The number of likely N-dealkylation sites (tertiary alicyclic amines) is 1. The molecule has 118 valence electrons. The lowest BCUT2D eigenvalue weighted by Crippen LogP contribution is -2.29. The molecule has 0 atom stereocenters. The number of hydrogen-bond acceptors (Lipinski definition) is 6. The highest BCUT2D eigenvalue weighted by Gasteiger charge is 2.26. The van der Waals surface area contributed by atoms with E-state index in [4.69, 9.17) is 0 Å². The summed E-state index contributed by atoms with van der Waals surface area (Å²) >= 11 is 0. The zero-order chi connectivity index (χ0) is 16.3. The molecule has 1 amide bonds. The van der Waals surface area contributed by atoms with Crippen molar-refractivity contribution >= 4 is 18.5 Å². The van der Waals surface area contributed by atoms with Crippen molar-refractivity contribution in [3.8, 4) is 17.2 Å². The van der Waals surface area contributed by atoms with Gasteiger partial charge in [-0.1, -0.05) is 6.42 Å². The lowest BCUT2D eigenvalue weighted by Gasteiger charge is -2.22. The van der Waals surface area contributed by atoms with E-state index in [2.05, 4.69) is 0 Å². The molecule has 1 aromatic carbocycles. The summed E-state index contributed by atoms with van der Waals surface area (Å²) in [6, 6.07) is 0. The smallest absolute Gasteiger partial charge is 0.222 e. The fraction of sp³-hybridized carbons (Fsp3) is 0.400. The summed E-state index contributed by atoms with van der Waals surface area (Å²) in [7, 11) is 0. The number of amides is 1. The second-order valence-corrected chi connectivity index (χ2v) is 5.21. The van der Waals surface area contributed by atoms with E-state index >= 15 is 0 Å². The number of hydrogen-bond donors (Lipinski definition) is 3. The van der Waals surface area contributed by atoms with Gasteiger partial charge < -0.3 is 20.2 Å². The van der Waals surface area contributed by atoms with Gasteiger partial charge in [0.05, 0.1) is 23.2 Å². The second kappa shape index (κ2) is 6.46. The van der Waals surface area contributed by atoms with Gasteiger partial charge in [0, 0.05) is 13.0 Å². The van der Waals surface area contributed by atoms with Crippen LogP contribution in [0.5, 0.6) is 17.2 Å². The van der Waals surface area contributed by atoms with Crippen LogP contribution >= 0.6 is 0 Å². The van der Waals surface area contributed by atoms with E-state index in [0.717, 1.165) is 19.3 Å². The topological polar surface area (TPSA) is 115 Å². The number of rotatable bonds is 4. The van der Waals surface area contributed by atoms with Crippen molar-refractivity contribution in [3.05, 3.63) is 16.7 Å². The van der Waals surface area contributed by atoms with E-state index in [9.17, 15) is 29.7 Å². The largest absolute Gasteiger partial charge is 0.507 e. The molecule has 0 bridgehead atoms. The Morgan fingerprint density at radius 3 is 2.05 bits per heavy atom. The van der Waals surface area contributed by atoms with Crippen molar-refractivity contribution in [1.29, 1.82) is 0 Å². The normalized spacial score (nSPS) is 15.5. The Bertz CT molecular complexity index is 590. The lowest BCUT2D eigenvalue weighted by atomic mass is 10.0. The van der Waals surface area contributed by atoms with Crippen LogP contribution in [0.1, 0.15) is 52.0 Å². The van der Waals surface area contributed by atoms with E-state index < -0.39 is 28.4 Å². The number of carbonyl (C=O) groups is 3. The Morgan fingerprint density at radius 2 is 1.50 bits per heavy atom. The maximum Gasteiger partial charge on any atom is 0.222 e. The van der Waals surface area contributed by atoms with Crippen LogP contribution in [0.15, 0.2) is 0 Å². The van der Waals surface area contributed by atoms with Crippen LogP contribution < -0.4 is 0 Å². The molecule has 7 heteroatoms. The van der Waals surface area contributed by atoms with Crippen LogP contribution in [-0.4, -0.2) is 45.2 Å². The first-order chi connectivity index (χ1) is 10.5. The first-order valence-electron chi connectivity index (χ1n) is 6.99. The van der Waals surface area contributed by atoms with Crippen molar-refractivity contribution in [3.63, 3.8) is 0 Å². The van der Waals surface area contributed by atoms with Crippen LogP contribution in [-0.2, 0) is 11.3 Å². The van der Waals surface area contributed by atoms with Gasteiger partial charge in [-0.2, -0.15) is 0 Å². The Labute approximate surface area is 126 Å². The fourth-order valence-corrected chi connectivity index (χ4v) is 2.58. The fourth-order valence-electron chi connectivity index (χ4n) is 2.58. The molecule has 0 aliphatic carbocycles. The molecule has 0 unspecified atom stereocenters. The first-order valence-corrected chi connectivity index (χ1v) is 6.99. The minimum atomic E-state index is -0.772. The number of phenols is 3. The minimum Gasteiger partial charge on any atom is -0.507 e. The van der Waals surface area contributed by atoms with E-state index in [1.54, 1.807) is 0 Å². The van der Waals surface area contributed by atoms with E-state index in [-0.39, 0.29) is 30.6 Å². The minimum absolute atomic E-state index is 0.114. The molecule has 22 heavy (non-hydrogen) atoms. The first kappa shape index (κ1) is 15.8. The molecule has 1 aliphatic heterocycles. The summed E-state index contributed by atoms with van der Waals surface area (Å²) in [5, 5.41) is 29.8. The number of aldehydes is 2. The molecule has 0 spiro atoms. The van der Waals surface area contributed by atoms with E-state index in [0.29, 0.717) is 13.0 Å². The van der Waals surface area contributed by atoms with Crippen molar-refractivity contribution in [2.24, 2.45) is 0 Å². The standard InChI is InChI=1S/C15H17NO6/c17-7-10-13(20)9(14(21)11(8-18)15(10)22)6-16-5-3-1-2-4-12(16)19/h7-8,20-22H,1-6H2. The highest BCUT2D eigenvalue weighted by Crippen LogP contribution is 2.41. The van der Waals surface area contributed by atoms with Gasteiger partial charge in [-0.25, -0.2) is 0 Å². The Hall–Kier alpha value is -2.57. The molecule has 7 nitrogen and oxygen atoms in total. The maximum atomic E-state index is 12.0. The third-order valence-corrected chi connectivity index (χ3v) is 3.85. The van der Waals surface area contributed by atoms with Crippen LogP contribution in [0.25, 0.3) is 0 Å². The van der Waals surface area contributed by atoms with Crippen molar-refractivity contribution in [2.45, 2.75) is 32.2 Å². The number of carbonyl (C=O) groups excluding carboxylic acids is 3. The van der Waals surface area contributed by atoms with Crippen molar-refractivity contribution in [2.75, 3.05) is 6.54 Å². The van der Waals surface area contributed by atoms with Crippen molar-refractivity contribution in [1.82, 2.24) is 4.90 Å². The Balaban J connectivity index is 2.47. The summed E-state index contributed by atoms with van der Waals surface area (Å²) in [6.45, 7) is 0.337. The second-order valence-electron chi connectivity index (χ2n) is 5.21. The third kappa shape index (κ3) is 2.74. The zero-order valence-electron chi connectivity index (χ0n) is 11.9. The van der Waals surface area contributed by atoms with Gasteiger partial charge in [0.25, 0.3) is 0 Å². The predicted octanol–water partition coefficient (Wildman–Crippen LogP) is 1.33. The molecule has 1 saturated heterocycles. The summed E-state index contributed by atoms with van der Waals surface area (Å²) in [5.74, 6) is -2.13. The molecule has 3 N–H and O–H groups in total. The average molecular weight is 307 g/mol. The van der Waals surface area contributed by atoms with Gasteiger partial charge in [-0.05, 0) is 12.8 Å². The van der Waals surface area contributed by atoms with Crippen LogP contribution in [0.2, 0.25) is 0 Å². The zero-order valence-corrected chi connectivity index (χ0v) is 11.9. The molecule has 2 rings (SSSR count). The number of aromatic hydroxyl groups is 3. The highest BCUT2D eigenvalue weighted by atomic mass is 16.3. The highest BCUT2D eigenvalue weighted by molar-refractivity contribution is 5.94. The summed E-state index contributed by atoms with van der Waals surface area (Å²) in [4.78, 5) is 35.4. The molecular formula is C15H17NO6. The number of phenolic OH excluding ortho intramolecular Hbond substituents is 3.